The number of imide groups is 1. The van der Waals surface area contributed by atoms with Crippen LogP contribution < -0.4 is 10.2 Å². The van der Waals surface area contributed by atoms with Crippen molar-refractivity contribution in [3.8, 4) is 5.75 Å². The Kier molecular flexibility index (Phi) is 5.43. The van der Waals surface area contributed by atoms with Gasteiger partial charge in [-0.1, -0.05) is 12.1 Å². The molecule has 1 aliphatic heterocycles. The number of fused-ring (bicyclic) bond motifs is 1. The number of nitrogens with zero attached hydrogens (tertiary/aromatic N) is 1. The zero-order chi connectivity index (χ0) is 23.9. The summed E-state index contributed by atoms with van der Waals surface area (Å²) in [5.41, 5.74) is 2.86. The van der Waals surface area contributed by atoms with Crippen molar-refractivity contribution in [1.82, 2.24) is 0 Å². The van der Waals surface area contributed by atoms with Crippen LogP contribution in [0.5, 0.6) is 5.75 Å². The molecule has 0 unspecified atom stereocenters. The first-order valence-electron chi connectivity index (χ1n) is 10.0. The second-order valence-corrected chi connectivity index (χ2v) is 7.67. The van der Waals surface area contributed by atoms with Crippen molar-refractivity contribution in [3.63, 3.8) is 0 Å². The SMILES string of the molecule is COC(=O)c1ccc(NC(=O)c2ccc3c(c2)C(=O)N(c2cc(C)ccc2C)C3=O)c(O)c1. The molecule has 3 aromatic rings. The van der Waals surface area contributed by atoms with E-state index in [4.69, 9.17) is 0 Å². The Balaban J connectivity index is 1.61. The molecular formula is C25H20N2O6. The first kappa shape index (κ1) is 21.8. The number of rotatable bonds is 4. The number of benzene rings is 3. The lowest BCUT2D eigenvalue weighted by molar-refractivity contribution is 0.0600. The van der Waals surface area contributed by atoms with E-state index in [1.807, 2.05) is 26.0 Å². The topological polar surface area (TPSA) is 113 Å². The Morgan fingerprint density at radius 2 is 1.58 bits per heavy atom. The van der Waals surface area contributed by atoms with Gasteiger partial charge in [-0.05, 0) is 67.4 Å². The summed E-state index contributed by atoms with van der Waals surface area (Å²) in [6.45, 7) is 3.69. The molecular weight excluding hydrogens is 424 g/mol. The van der Waals surface area contributed by atoms with Crippen molar-refractivity contribution < 1.29 is 29.0 Å². The summed E-state index contributed by atoms with van der Waals surface area (Å²) < 4.78 is 4.60. The van der Waals surface area contributed by atoms with E-state index in [1.165, 1.54) is 43.5 Å². The fourth-order valence-corrected chi connectivity index (χ4v) is 3.64. The highest BCUT2D eigenvalue weighted by Gasteiger charge is 2.37. The highest BCUT2D eigenvalue weighted by atomic mass is 16.5. The Labute approximate surface area is 189 Å². The number of nitrogens with one attached hydrogen (secondary N) is 1. The van der Waals surface area contributed by atoms with Crippen molar-refractivity contribution in [2.24, 2.45) is 0 Å². The number of hydrogen-bond donors (Lipinski definition) is 2. The molecule has 0 aliphatic carbocycles. The van der Waals surface area contributed by atoms with Crippen LogP contribution in [0, 0.1) is 13.8 Å². The lowest BCUT2D eigenvalue weighted by Crippen LogP contribution is -2.30. The van der Waals surface area contributed by atoms with E-state index in [-0.39, 0.29) is 33.7 Å². The molecule has 8 heteroatoms. The number of amides is 3. The first-order chi connectivity index (χ1) is 15.7. The lowest BCUT2D eigenvalue weighted by atomic mass is 10.1. The molecule has 3 aromatic carbocycles. The first-order valence-corrected chi connectivity index (χ1v) is 10.0. The number of hydrogen-bond acceptors (Lipinski definition) is 6. The van der Waals surface area contributed by atoms with Crippen molar-refractivity contribution in [3.05, 3.63) is 88.0 Å². The van der Waals surface area contributed by atoms with Crippen LogP contribution >= 0.6 is 0 Å². The molecule has 0 fully saturated rings. The number of phenolic OH excluding ortho intramolecular Hbond substituents is 1. The van der Waals surface area contributed by atoms with Gasteiger partial charge in [-0.2, -0.15) is 0 Å². The van der Waals surface area contributed by atoms with Crippen LogP contribution in [0.15, 0.2) is 54.6 Å². The smallest absolute Gasteiger partial charge is 0.337 e. The van der Waals surface area contributed by atoms with E-state index < -0.39 is 23.7 Å². The molecule has 1 heterocycles. The van der Waals surface area contributed by atoms with Crippen LogP contribution in [0.3, 0.4) is 0 Å². The molecule has 2 N–H and O–H groups in total. The third kappa shape index (κ3) is 3.82. The highest BCUT2D eigenvalue weighted by Crippen LogP contribution is 2.32. The molecule has 1 aliphatic rings. The average molecular weight is 444 g/mol. The van der Waals surface area contributed by atoms with Crippen LogP contribution in [0.2, 0.25) is 0 Å². The Hall–Kier alpha value is -4.46. The van der Waals surface area contributed by atoms with Gasteiger partial charge in [0.15, 0.2) is 0 Å². The quantitative estimate of drug-likeness (QED) is 0.359. The molecule has 33 heavy (non-hydrogen) atoms. The predicted octanol–water partition coefficient (Wildman–Crippen LogP) is 3.85. The maximum absolute atomic E-state index is 13.1. The van der Waals surface area contributed by atoms with Gasteiger partial charge in [-0.25, -0.2) is 9.69 Å². The molecule has 3 amide bonds. The molecule has 166 valence electrons. The number of anilines is 2. The van der Waals surface area contributed by atoms with Gasteiger partial charge in [0.2, 0.25) is 0 Å². The largest absolute Gasteiger partial charge is 0.506 e. The van der Waals surface area contributed by atoms with Crippen molar-refractivity contribution in [1.29, 1.82) is 0 Å². The standard InChI is InChI=1S/C25H20N2O6/c1-13-4-5-14(2)20(10-13)27-23(30)17-8-6-15(11-18(17)24(27)31)22(29)26-19-9-7-16(12-21(19)28)25(32)33-3/h4-12,28H,1-3H3,(H,26,29). The molecule has 0 radical (unpaired) electrons. The summed E-state index contributed by atoms with van der Waals surface area (Å²) in [6.07, 6.45) is 0. The number of carbonyl (C=O) groups excluding carboxylic acids is 4. The molecule has 0 bridgehead atoms. The minimum atomic E-state index is -0.627. The number of carbonyl (C=O) groups is 4. The lowest BCUT2D eigenvalue weighted by Gasteiger charge is -2.17. The maximum Gasteiger partial charge on any atom is 0.337 e. The van der Waals surface area contributed by atoms with E-state index in [0.29, 0.717) is 5.69 Å². The number of aromatic hydroxyl groups is 1. The summed E-state index contributed by atoms with van der Waals surface area (Å²) in [4.78, 5) is 51.5. The average Bonchev–Trinajstić information content (AvgIpc) is 3.05. The Morgan fingerprint density at radius 3 is 2.27 bits per heavy atom. The van der Waals surface area contributed by atoms with Gasteiger partial charge < -0.3 is 15.2 Å². The molecule has 8 nitrogen and oxygen atoms in total. The van der Waals surface area contributed by atoms with Crippen molar-refractivity contribution >= 4 is 35.1 Å². The fraction of sp³-hybridized carbons (Fsp3) is 0.120. The minimum Gasteiger partial charge on any atom is -0.506 e. The van der Waals surface area contributed by atoms with E-state index in [1.54, 1.807) is 6.07 Å². The number of aryl methyl sites for hydroxylation is 2. The van der Waals surface area contributed by atoms with Gasteiger partial charge in [-0.3, -0.25) is 14.4 Å². The van der Waals surface area contributed by atoms with Crippen LogP contribution in [0.1, 0.15) is 52.6 Å². The van der Waals surface area contributed by atoms with Gasteiger partial charge in [0.05, 0.1) is 35.2 Å². The Bertz CT molecular complexity index is 1340. The predicted molar refractivity (Wildman–Crippen MR) is 121 cm³/mol. The molecule has 0 saturated carbocycles. The van der Waals surface area contributed by atoms with E-state index in [2.05, 4.69) is 10.1 Å². The summed E-state index contributed by atoms with van der Waals surface area (Å²) >= 11 is 0. The van der Waals surface area contributed by atoms with Crippen LogP contribution in [-0.2, 0) is 4.74 Å². The van der Waals surface area contributed by atoms with Gasteiger partial charge in [0, 0.05) is 5.56 Å². The number of methoxy groups -OCH3 is 1. The second-order valence-electron chi connectivity index (χ2n) is 7.67. The maximum atomic E-state index is 13.1. The summed E-state index contributed by atoms with van der Waals surface area (Å²) in [5, 5.41) is 12.7. The van der Waals surface area contributed by atoms with E-state index in [0.717, 1.165) is 16.0 Å². The number of phenols is 1. The molecule has 0 aromatic heterocycles. The van der Waals surface area contributed by atoms with Gasteiger partial charge in [0.25, 0.3) is 17.7 Å². The molecule has 0 saturated heterocycles. The zero-order valence-corrected chi connectivity index (χ0v) is 18.1. The van der Waals surface area contributed by atoms with Crippen LogP contribution in [0.4, 0.5) is 11.4 Å². The highest BCUT2D eigenvalue weighted by molar-refractivity contribution is 6.35. The van der Waals surface area contributed by atoms with Crippen molar-refractivity contribution in [2.45, 2.75) is 13.8 Å². The summed E-state index contributed by atoms with van der Waals surface area (Å²) in [5.74, 6) is -2.50. The van der Waals surface area contributed by atoms with E-state index in [9.17, 15) is 24.3 Å². The normalized spacial score (nSPS) is 12.5. The third-order valence-electron chi connectivity index (χ3n) is 5.42. The number of esters is 1. The molecule has 0 atom stereocenters. The minimum absolute atomic E-state index is 0.0765. The van der Waals surface area contributed by atoms with Crippen LogP contribution in [0.25, 0.3) is 0 Å². The monoisotopic (exact) mass is 444 g/mol. The third-order valence-corrected chi connectivity index (χ3v) is 5.42. The van der Waals surface area contributed by atoms with Gasteiger partial charge in [-0.15, -0.1) is 0 Å². The summed E-state index contributed by atoms with van der Waals surface area (Å²) in [6, 6.07) is 13.7. The van der Waals surface area contributed by atoms with Crippen molar-refractivity contribution in [2.75, 3.05) is 17.3 Å². The Morgan fingerprint density at radius 1 is 0.879 bits per heavy atom. The summed E-state index contributed by atoms with van der Waals surface area (Å²) in [7, 11) is 1.22. The molecule has 4 rings (SSSR count). The van der Waals surface area contributed by atoms with Gasteiger partial charge in [0.1, 0.15) is 5.75 Å². The van der Waals surface area contributed by atoms with Crippen LogP contribution in [-0.4, -0.2) is 35.9 Å². The second kappa shape index (κ2) is 8.23. The van der Waals surface area contributed by atoms with Gasteiger partial charge >= 0.3 is 5.97 Å². The number of ether oxygens (including phenoxy) is 1. The zero-order valence-electron chi connectivity index (χ0n) is 18.1. The molecule has 0 spiro atoms. The fourth-order valence-electron chi connectivity index (χ4n) is 3.64. The van der Waals surface area contributed by atoms with E-state index >= 15 is 0 Å².